The monoisotopic (exact) mass is 346 g/mol. The van der Waals surface area contributed by atoms with Crippen molar-refractivity contribution >= 4 is 0 Å². The summed E-state index contributed by atoms with van der Waals surface area (Å²) in [5.74, 6) is 1.83. The van der Waals surface area contributed by atoms with Crippen LogP contribution < -0.4 is 0 Å². The van der Waals surface area contributed by atoms with Crippen LogP contribution in [0.3, 0.4) is 0 Å². The smallest absolute Gasteiger partial charge is 0.231 e. The molecule has 130 valence electrons. The van der Waals surface area contributed by atoms with E-state index >= 15 is 0 Å². The second-order valence-corrected chi connectivity index (χ2v) is 6.24. The van der Waals surface area contributed by atoms with Crippen LogP contribution in [0.15, 0.2) is 47.2 Å². The van der Waals surface area contributed by atoms with Gasteiger partial charge in [-0.1, -0.05) is 11.2 Å². The predicted octanol–water partition coefficient (Wildman–Crippen LogP) is 3.23. The van der Waals surface area contributed by atoms with Crippen molar-refractivity contribution in [3.63, 3.8) is 0 Å². The molecule has 0 fully saturated rings. The molecule has 0 amide bonds. The lowest BCUT2D eigenvalue weighted by molar-refractivity contribution is 0.385. The number of nitrogens with zero attached hydrogens (tertiary/aromatic N) is 6. The van der Waals surface area contributed by atoms with Crippen LogP contribution in [0.25, 0.3) is 17.2 Å². The van der Waals surface area contributed by atoms with Crippen LogP contribution in [0.1, 0.15) is 28.5 Å². The summed E-state index contributed by atoms with van der Waals surface area (Å²) in [5, 5.41) is 8.49. The minimum Gasteiger partial charge on any atom is -0.339 e. The predicted molar refractivity (Wildman–Crippen MR) is 95.9 cm³/mol. The molecule has 0 N–H and O–H groups in total. The molecule has 0 radical (unpaired) electrons. The molecular formula is C19H18N6O. The summed E-state index contributed by atoms with van der Waals surface area (Å²) < 4.78 is 7.17. The summed E-state index contributed by atoms with van der Waals surface area (Å²) in [6.07, 6.45) is 4.11. The first kappa shape index (κ1) is 16.1. The molecular weight excluding hydrogens is 328 g/mol. The van der Waals surface area contributed by atoms with Gasteiger partial charge in [0.2, 0.25) is 11.7 Å². The maximum atomic E-state index is 5.36. The van der Waals surface area contributed by atoms with Gasteiger partial charge >= 0.3 is 0 Å². The van der Waals surface area contributed by atoms with Crippen LogP contribution in [0.4, 0.5) is 0 Å². The Morgan fingerprint density at radius 1 is 0.962 bits per heavy atom. The Morgan fingerprint density at radius 2 is 1.85 bits per heavy atom. The number of aromatic nitrogens is 6. The lowest BCUT2D eigenvalue weighted by Gasteiger charge is -2.03. The van der Waals surface area contributed by atoms with Crippen molar-refractivity contribution in [2.24, 2.45) is 0 Å². The lowest BCUT2D eigenvalue weighted by atomic mass is 10.2. The van der Waals surface area contributed by atoms with Gasteiger partial charge in [-0.3, -0.25) is 4.98 Å². The lowest BCUT2D eigenvalue weighted by Crippen LogP contribution is -2.01. The van der Waals surface area contributed by atoms with Gasteiger partial charge in [-0.15, -0.1) is 0 Å². The van der Waals surface area contributed by atoms with Crippen LogP contribution >= 0.6 is 0 Å². The highest BCUT2D eigenvalue weighted by atomic mass is 16.5. The molecule has 4 heterocycles. The summed E-state index contributed by atoms with van der Waals surface area (Å²) in [6, 6.07) is 9.81. The van der Waals surface area contributed by atoms with Crippen molar-refractivity contribution in [2.45, 2.75) is 27.2 Å². The van der Waals surface area contributed by atoms with E-state index in [2.05, 4.69) is 25.2 Å². The number of rotatable bonds is 4. The van der Waals surface area contributed by atoms with Crippen LogP contribution in [0, 0.1) is 20.8 Å². The Balaban J connectivity index is 1.54. The van der Waals surface area contributed by atoms with E-state index in [4.69, 9.17) is 4.52 Å². The Labute approximate surface area is 150 Å². The maximum absolute atomic E-state index is 5.36. The van der Waals surface area contributed by atoms with E-state index in [0.717, 1.165) is 34.0 Å². The number of hydrogen-bond acceptors (Lipinski definition) is 6. The molecule has 0 spiro atoms. The number of pyridine rings is 2. The molecule has 0 bridgehead atoms. The fourth-order valence-electron chi connectivity index (χ4n) is 2.73. The Hall–Kier alpha value is -3.35. The van der Waals surface area contributed by atoms with Gasteiger partial charge in [0.15, 0.2) is 5.82 Å². The fraction of sp³-hybridized carbons (Fsp3) is 0.211. The van der Waals surface area contributed by atoms with Gasteiger partial charge in [0.25, 0.3) is 0 Å². The van der Waals surface area contributed by atoms with E-state index in [1.54, 1.807) is 6.20 Å². The Kier molecular flexibility index (Phi) is 4.04. The third-order valence-electron chi connectivity index (χ3n) is 4.03. The maximum Gasteiger partial charge on any atom is 0.231 e. The normalized spacial score (nSPS) is 11.0. The van der Waals surface area contributed by atoms with Crippen molar-refractivity contribution in [1.82, 2.24) is 29.9 Å². The first-order valence-corrected chi connectivity index (χ1v) is 8.33. The third-order valence-corrected chi connectivity index (χ3v) is 4.03. The molecule has 4 rings (SSSR count). The first-order chi connectivity index (χ1) is 12.6. The van der Waals surface area contributed by atoms with Gasteiger partial charge < -0.3 is 4.52 Å². The molecule has 4 aromatic rings. The summed E-state index contributed by atoms with van der Waals surface area (Å²) in [4.78, 5) is 13.2. The highest BCUT2D eigenvalue weighted by Crippen LogP contribution is 2.18. The molecule has 0 aromatic carbocycles. The van der Waals surface area contributed by atoms with Crippen LogP contribution in [0.5, 0.6) is 0 Å². The third kappa shape index (κ3) is 3.23. The highest BCUT2D eigenvalue weighted by Gasteiger charge is 2.11. The van der Waals surface area contributed by atoms with Gasteiger partial charge in [-0.05, 0) is 50.6 Å². The molecule has 0 unspecified atom stereocenters. The second kappa shape index (κ2) is 6.51. The summed E-state index contributed by atoms with van der Waals surface area (Å²) >= 11 is 0. The van der Waals surface area contributed by atoms with Gasteiger partial charge in [0.1, 0.15) is 0 Å². The Bertz CT molecular complexity index is 1030. The van der Waals surface area contributed by atoms with E-state index in [1.807, 2.05) is 62.0 Å². The van der Waals surface area contributed by atoms with Crippen LogP contribution in [-0.4, -0.2) is 29.9 Å². The summed E-state index contributed by atoms with van der Waals surface area (Å²) in [7, 11) is 0. The van der Waals surface area contributed by atoms with Crippen LogP contribution in [-0.2, 0) is 6.42 Å². The highest BCUT2D eigenvalue weighted by molar-refractivity contribution is 5.53. The molecule has 0 aliphatic heterocycles. The largest absolute Gasteiger partial charge is 0.339 e. The summed E-state index contributed by atoms with van der Waals surface area (Å²) in [5.41, 5.74) is 4.81. The molecule has 26 heavy (non-hydrogen) atoms. The topological polar surface area (TPSA) is 82.5 Å². The average molecular weight is 346 g/mol. The van der Waals surface area contributed by atoms with Gasteiger partial charge in [0, 0.05) is 29.3 Å². The van der Waals surface area contributed by atoms with Gasteiger partial charge in [-0.2, -0.15) is 10.1 Å². The second-order valence-electron chi connectivity index (χ2n) is 6.24. The molecule has 0 saturated heterocycles. The minimum atomic E-state index is 0.521. The average Bonchev–Trinajstić information content (AvgIpc) is 3.23. The Morgan fingerprint density at radius 3 is 2.50 bits per heavy atom. The molecule has 0 atom stereocenters. The summed E-state index contributed by atoms with van der Waals surface area (Å²) in [6.45, 7) is 5.92. The number of aryl methyl sites for hydroxylation is 3. The van der Waals surface area contributed by atoms with E-state index in [-0.39, 0.29) is 0 Å². The standard InChI is InChI=1S/C19H18N6O/c1-12-4-5-15(10-20-12)9-18-22-19(24-26-18)16-6-7-17(21-11-16)25-14(3)8-13(2)23-25/h4-8,10-11H,9H2,1-3H3. The van der Waals surface area contributed by atoms with E-state index in [1.165, 1.54) is 0 Å². The van der Waals surface area contributed by atoms with Crippen molar-refractivity contribution < 1.29 is 4.52 Å². The zero-order valence-corrected chi connectivity index (χ0v) is 14.8. The molecule has 0 aliphatic carbocycles. The SMILES string of the molecule is Cc1ccc(Cc2nc(-c3ccc(-n4nc(C)cc4C)nc3)no2)cn1. The minimum absolute atomic E-state index is 0.521. The van der Waals surface area contributed by atoms with Gasteiger partial charge in [0.05, 0.1) is 12.1 Å². The van der Waals surface area contributed by atoms with Crippen molar-refractivity contribution in [3.05, 3.63) is 71.3 Å². The number of hydrogen-bond donors (Lipinski definition) is 0. The molecule has 7 nitrogen and oxygen atoms in total. The van der Waals surface area contributed by atoms with E-state index < -0.39 is 0 Å². The quantitative estimate of drug-likeness (QED) is 0.564. The van der Waals surface area contributed by atoms with Crippen molar-refractivity contribution in [1.29, 1.82) is 0 Å². The van der Waals surface area contributed by atoms with Crippen molar-refractivity contribution in [3.8, 4) is 17.2 Å². The van der Waals surface area contributed by atoms with E-state index in [0.29, 0.717) is 18.1 Å². The molecule has 7 heteroatoms. The zero-order chi connectivity index (χ0) is 18.1. The molecule has 0 saturated carbocycles. The van der Waals surface area contributed by atoms with Crippen LogP contribution in [0.2, 0.25) is 0 Å². The molecule has 0 aliphatic rings. The first-order valence-electron chi connectivity index (χ1n) is 8.33. The van der Waals surface area contributed by atoms with Crippen molar-refractivity contribution in [2.75, 3.05) is 0 Å². The molecule has 4 aromatic heterocycles. The zero-order valence-electron chi connectivity index (χ0n) is 14.8. The van der Waals surface area contributed by atoms with Gasteiger partial charge in [-0.25, -0.2) is 9.67 Å². The van der Waals surface area contributed by atoms with E-state index in [9.17, 15) is 0 Å². The fourth-order valence-corrected chi connectivity index (χ4v) is 2.73.